The van der Waals surface area contributed by atoms with E-state index in [4.69, 9.17) is 16.3 Å². The zero-order valence-electron chi connectivity index (χ0n) is 13.5. The molecule has 1 N–H and O–H groups in total. The second-order valence-electron chi connectivity index (χ2n) is 5.41. The number of nitrogens with one attached hydrogen (secondary N) is 1. The van der Waals surface area contributed by atoms with Crippen molar-refractivity contribution in [1.29, 1.82) is 0 Å². The van der Waals surface area contributed by atoms with Crippen LogP contribution in [0.1, 0.15) is 11.1 Å². The number of rotatable bonds is 5. The highest BCUT2D eigenvalue weighted by atomic mass is 35.5. The van der Waals surface area contributed by atoms with Crippen molar-refractivity contribution in [1.82, 2.24) is 10.3 Å². The Morgan fingerprint density at radius 1 is 1.16 bits per heavy atom. The van der Waals surface area contributed by atoms with Crippen LogP contribution in [0, 0.1) is 0 Å². The Bertz CT molecular complexity index is 895. The number of benzene rings is 2. The standard InChI is InChI=1S/C20H17ClN2O2/c21-17-8-9-18-16(10-12-22-19(18)13-17)7-4-11-23-20(24)25-14-15-5-2-1-3-6-15/h1-10,12-13H,11,14H2,(H,23,24). The molecule has 0 fully saturated rings. The van der Waals surface area contributed by atoms with Crippen LogP contribution in [0.15, 0.2) is 66.9 Å². The number of nitrogens with zero attached hydrogens (tertiary/aromatic N) is 1. The Labute approximate surface area is 151 Å². The highest BCUT2D eigenvalue weighted by Gasteiger charge is 2.02. The highest BCUT2D eigenvalue weighted by molar-refractivity contribution is 6.31. The predicted octanol–water partition coefficient (Wildman–Crippen LogP) is 4.83. The lowest BCUT2D eigenvalue weighted by Gasteiger charge is -2.05. The van der Waals surface area contributed by atoms with Gasteiger partial charge >= 0.3 is 6.09 Å². The van der Waals surface area contributed by atoms with E-state index >= 15 is 0 Å². The maximum absolute atomic E-state index is 11.7. The molecule has 0 saturated carbocycles. The topological polar surface area (TPSA) is 51.2 Å². The van der Waals surface area contributed by atoms with Crippen molar-refractivity contribution in [3.05, 3.63) is 83.0 Å². The lowest BCUT2D eigenvalue weighted by atomic mass is 10.1. The Morgan fingerprint density at radius 3 is 2.84 bits per heavy atom. The molecule has 1 heterocycles. The number of halogens is 1. The quantitative estimate of drug-likeness (QED) is 0.715. The first-order valence-electron chi connectivity index (χ1n) is 7.88. The molecule has 3 rings (SSSR count). The molecule has 5 heteroatoms. The summed E-state index contributed by atoms with van der Waals surface area (Å²) in [6, 6.07) is 17.1. The van der Waals surface area contributed by atoms with Crippen molar-refractivity contribution in [3.8, 4) is 0 Å². The van der Waals surface area contributed by atoms with Crippen LogP contribution in [-0.2, 0) is 11.3 Å². The summed E-state index contributed by atoms with van der Waals surface area (Å²) in [6.45, 7) is 0.636. The second kappa shape index (κ2) is 8.31. The van der Waals surface area contributed by atoms with E-state index in [2.05, 4.69) is 10.3 Å². The minimum atomic E-state index is -0.445. The molecular formula is C20H17ClN2O2. The molecule has 0 atom stereocenters. The minimum absolute atomic E-state index is 0.256. The van der Waals surface area contributed by atoms with Crippen molar-refractivity contribution < 1.29 is 9.53 Å². The largest absolute Gasteiger partial charge is 0.445 e. The fourth-order valence-corrected chi connectivity index (χ4v) is 2.56. The third kappa shape index (κ3) is 4.81. The van der Waals surface area contributed by atoms with Crippen LogP contribution in [-0.4, -0.2) is 17.6 Å². The molecule has 3 aromatic rings. The molecule has 0 aliphatic carbocycles. The smallest absolute Gasteiger partial charge is 0.407 e. The van der Waals surface area contributed by atoms with E-state index < -0.39 is 6.09 Å². The number of carbonyl (C=O) groups is 1. The zero-order valence-corrected chi connectivity index (χ0v) is 14.2. The number of ether oxygens (including phenoxy) is 1. The summed E-state index contributed by atoms with van der Waals surface area (Å²) >= 11 is 5.99. The fraction of sp³-hybridized carbons (Fsp3) is 0.100. The van der Waals surface area contributed by atoms with Crippen LogP contribution in [0.3, 0.4) is 0 Å². The molecule has 0 saturated heterocycles. The van der Waals surface area contributed by atoms with Gasteiger partial charge in [0.05, 0.1) is 5.52 Å². The van der Waals surface area contributed by atoms with E-state index in [0.29, 0.717) is 11.6 Å². The van der Waals surface area contributed by atoms with Crippen LogP contribution >= 0.6 is 11.6 Å². The summed E-state index contributed by atoms with van der Waals surface area (Å²) in [6.07, 6.45) is 5.10. The summed E-state index contributed by atoms with van der Waals surface area (Å²) in [5.41, 5.74) is 2.81. The van der Waals surface area contributed by atoms with Crippen LogP contribution in [0.25, 0.3) is 17.0 Å². The number of pyridine rings is 1. The van der Waals surface area contributed by atoms with Crippen molar-refractivity contribution >= 4 is 34.7 Å². The van der Waals surface area contributed by atoms with E-state index in [9.17, 15) is 4.79 Å². The van der Waals surface area contributed by atoms with Crippen molar-refractivity contribution in [3.63, 3.8) is 0 Å². The SMILES string of the molecule is O=C(NCC=Cc1ccnc2cc(Cl)ccc12)OCc1ccccc1. The normalized spacial score (nSPS) is 10.9. The van der Waals surface area contributed by atoms with Gasteiger partial charge in [-0.25, -0.2) is 4.79 Å². The molecule has 0 aliphatic heterocycles. The summed E-state index contributed by atoms with van der Waals surface area (Å²) in [4.78, 5) is 16.0. The number of aromatic nitrogens is 1. The first kappa shape index (κ1) is 17.0. The molecule has 0 bridgehead atoms. The molecule has 25 heavy (non-hydrogen) atoms. The number of carbonyl (C=O) groups excluding carboxylic acids is 1. The lowest BCUT2D eigenvalue weighted by molar-refractivity contribution is 0.141. The average Bonchev–Trinajstić information content (AvgIpc) is 2.64. The van der Waals surface area contributed by atoms with Gasteiger partial charge in [-0.1, -0.05) is 60.2 Å². The maximum Gasteiger partial charge on any atom is 0.407 e. The van der Waals surface area contributed by atoms with Crippen LogP contribution in [0.4, 0.5) is 4.79 Å². The van der Waals surface area contributed by atoms with Gasteiger partial charge in [-0.05, 0) is 29.3 Å². The first-order valence-corrected chi connectivity index (χ1v) is 8.25. The second-order valence-corrected chi connectivity index (χ2v) is 5.84. The molecular weight excluding hydrogens is 336 g/mol. The van der Waals surface area contributed by atoms with Gasteiger partial charge in [-0.3, -0.25) is 4.98 Å². The number of fused-ring (bicyclic) bond motifs is 1. The summed E-state index contributed by atoms with van der Waals surface area (Å²) in [5.74, 6) is 0. The molecule has 0 aliphatic rings. The molecule has 2 aromatic carbocycles. The Kier molecular flexibility index (Phi) is 5.65. The third-order valence-corrected chi connectivity index (χ3v) is 3.85. The molecule has 1 aromatic heterocycles. The summed E-state index contributed by atoms with van der Waals surface area (Å²) < 4.78 is 5.16. The molecule has 0 unspecified atom stereocenters. The third-order valence-electron chi connectivity index (χ3n) is 3.61. The van der Waals surface area contributed by atoms with Gasteiger partial charge in [0.25, 0.3) is 0 Å². The first-order chi connectivity index (χ1) is 12.2. The maximum atomic E-state index is 11.7. The van der Waals surface area contributed by atoms with Crippen molar-refractivity contribution in [2.24, 2.45) is 0 Å². The molecule has 1 amide bonds. The fourth-order valence-electron chi connectivity index (χ4n) is 2.39. The molecule has 0 spiro atoms. The molecule has 126 valence electrons. The van der Waals surface area contributed by atoms with Gasteiger partial charge in [0.2, 0.25) is 0 Å². The highest BCUT2D eigenvalue weighted by Crippen LogP contribution is 2.21. The van der Waals surface area contributed by atoms with Gasteiger partial charge in [0.15, 0.2) is 0 Å². The number of alkyl carbamates (subject to hydrolysis) is 1. The van der Waals surface area contributed by atoms with E-state index in [-0.39, 0.29) is 6.61 Å². The lowest BCUT2D eigenvalue weighted by Crippen LogP contribution is -2.24. The van der Waals surface area contributed by atoms with E-state index in [1.807, 2.05) is 66.7 Å². The van der Waals surface area contributed by atoms with Gasteiger partial charge in [0, 0.05) is 23.2 Å². The minimum Gasteiger partial charge on any atom is -0.445 e. The van der Waals surface area contributed by atoms with E-state index in [1.165, 1.54) is 0 Å². The Morgan fingerprint density at radius 2 is 2.00 bits per heavy atom. The van der Waals surface area contributed by atoms with Crippen LogP contribution in [0.5, 0.6) is 0 Å². The number of hydrogen-bond acceptors (Lipinski definition) is 3. The molecule has 0 radical (unpaired) electrons. The Balaban J connectivity index is 1.52. The summed E-state index contributed by atoms with van der Waals surface area (Å²) in [7, 11) is 0. The molecule has 4 nitrogen and oxygen atoms in total. The van der Waals surface area contributed by atoms with Gasteiger partial charge < -0.3 is 10.1 Å². The van der Waals surface area contributed by atoms with Crippen LogP contribution in [0.2, 0.25) is 5.02 Å². The van der Waals surface area contributed by atoms with Gasteiger partial charge in [-0.2, -0.15) is 0 Å². The Hall–Kier alpha value is -2.85. The zero-order chi connectivity index (χ0) is 17.5. The van der Waals surface area contributed by atoms with E-state index in [0.717, 1.165) is 22.0 Å². The number of hydrogen-bond donors (Lipinski definition) is 1. The van der Waals surface area contributed by atoms with Crippen LogP contribution < -0.4 is 5.32 Å². The van der Waals surface area contributed by atoms with Crippen molar-refractivity contribution in [2.75, 3.05) is 6.54 Å². The van der Waals surface area contributed by atoms with Crippen molar-refractivity contribution in [2.45, 2.75) is 6.61 Å². The monoisotopic (exact) mass is 352 g/mol. The van der Waals surface area contributed by atoms with Gasteiger partial charge in [0.1, 0.15) is 6.61 Å². The predicted molar refractivity (Wildman–Crippen MR) is 100 cm³/mol. The van der Waals surface area contributed by atoms with E-state index in [1.54, 1.807) is 6.20 Å². The van der Waals surface area contributed by atoms with Gasteiger partial charge in [-0.15, -0.1) is 0 Å². The average molecular weight is 353 g/mol. The number of amides is 1. The summed E-state index contributed by atoms with van der Waals surface area (Å²) in [5, 5.41) is 4.36.